The number of urea groups is 1. The van der Waals surface area contributed by atoms with Crippen LogP contribution in [0.3, 0.4) is 0 Å². The van der Waals surface area contributed by atoms with Gasteiger partial charge in [-0.25, -0.2) is 9.59 Å². The van der Waals surface area contributed by atoms with Gasteiger partial charge in [-0.3, -0.25) is 9.36 Å². The maximum Gasteiger partial charge on any atom is 0.419 e. The lowest BCUT2D eigenvalue weighted by Gasteiger charge is -2.39. The number of carbonyl (C=O) groups is 2. The fourth-order valence-electron chi connectivity index (χ4n) is 3.24. The number of nitrogens with zero attached hydrogens (tertiary/aromatic N) is 3. The molecule has 1 saturated heterocycles. The third-order valence-electron chi connectivity index (χ3n) is 4.85. The summed E-state index contributed by atoms with van der Waals surface area (Å²) in [6.45, 7) is 3.07. The first-order chi connectivity index (χ1) is 12.4. The number of carbonyl (C=O) groups excluding carboxylic acids is 2. The van der Waals surface area contributed by atoms with Gasteiger partial charge in [-0.2, -0.15) is 0 Å². The highest BCUT2D eigenvalue weighted by molar-refractivity contribution is 5.95. The second-order valence-corrected chi connectivity index (χ2v) is 6.65. The summed E-state index contributed by atoms with van der Waals surface area (Å²) in [7, 11) is 3.39. The summed E-state index contributed by atoms with van der Waals surface area (Å²) in [5.41, 5.74) is 1.59. The van der Waals surface area contributed by atoms with E-state index in [1.54, 1.807) is 42.1 Å². The molecule has 3 rings (SSSR count). The van der Waals surface area contributed by atoms with Crippen LogP contribution in [-0.4, -0.2) is 52.5 Å². The molecule has 0 spiro atoms. The van der Waals surface area contributed by atoms with Crippen molar-refractivity contribution < 1.29 is 14.0 Å². The minimum atomic E-state index is -0.451. The Bertz CT molecular complexity index is 885. The van der Waals surface area contributed by atoms with Crippen molar-refractivity contribution in [1.29, 1.82) is 0 Å². The highest BCUT2D eigenvalue weighted by Crippen LogP contribution is 2.21. The predicted octanol–water partition coefficient (Wildman–Crippen LogP) is 2.00. The number of hydrogen-bond acceptors (Lipinski definition) is 4. The number of aryl methyl sites for hydroxylation is 1. The van der Waals surface area contributed by atoms with Crippen molar-refractivity contribution in [3.05, 3.63) is 28.7 Å². The van der Waals surface area contributed by atoms with E-state index < -0.39 is 11.8 Å². The Kier molecular flexibility index (Phi) is 5.01. The maximum atomic E-state index is 12.7. The van der Waals surface area contributed by atoms with Gasteiger partial charge in [0.15, 0.2) is 5.58 Å². The average molecular weight is 360 g/mol. The molecule has 0 aliphatic carbocycles. The number of aromatic nitrogens is 1. The minimum Gasteiger partial charge on any atom is -0.408 e. The first-order valence-electron chi connectivity index (χ1n) is 8.84. The van der Waals surface area contributed by atoms with Crippen molar-refractivity contribution in [3.63, 3.8) is 0 Å². The quantitative estimate of drug-likeness (QED) is 0.903. The monoisotopic (exact) mass is 360 g/mol. The fourth-order valence-corrected chi connectivity index (χ4v) is 3.24. The molecular formula is C18H24N4O4. The number of rotatable bonds is 4. The molecule has 8 nitrogen and oxygen atoms in total. The number of likely N-dealkylation sites (N-methyl/N-ethyl adjacent to an activating group) is 1. The molecule has 1 aliphatic rings. The minimum absolute atomic E-state index is 0.0237. The molecule has 2 heterocycles. The molecule has 8 heteroatoms. The summed E-state index contributed by atoms with van der Waals surface area (Å²) in [4.78, 5) is 40.1. The van der Waals surface area contributed by atoms with E-state index in [0.29, 0.717) is 36.3 Å². The van der Waals surface area contributed by atoms with Crippen molar-refractivity contribution in [1.82, 2.24) is 14.4 Å². The molecule has 0 saturated carbocycles. The van der Waals surface area contributed by atoms with Crippen LogP contribution in [0.5, 0.6) is 0 Å². The van der Waals surface area contributed by atoms with E-state index in [4.69, 9.17) is 4.42 Å². The van der Waals surface area contributed by atoms with E-state index in [0.717, 1.165) is 12.8 Å². The van der Waals surface area contributed by atoms with Gasteiger partial charge in [-0.1, -0.05) is 19.8 Å². The molecule has 1 atom stereocenters. The molecule has 1 aromatic heterocycles. The first-order valence-corrected chi connectivity index (χ1v) is 8.84. The van der Waals surface area contributed by atoms with Crippen LogP contribution in [0.15, 0.2) is 27.4 Å². The lowest BCUT2D eigenvalue weighted by molar-refractivity contribution is -0.138. The second-order valence-electron chi connectivity index (χ2n) is 6.65. The molecule has 1 fully saturated rings. The summed E-state index contributed by atoms with van der Waals surface area (Å²) in [5.74, 6) is -0.475. The van der Waals surface area contributed by atoms with Crippen LogP contribution in [0.25, 0.3) is 11.1 Å². The van der Waals surface area contributed by atoms with Crippen LogP contribution in [0.1, 0.15) is 26.2 Å². The number of amides is 3. The number of unbranched alkanes of at least 4 members (excludes halogenated alkanes) is 1. The van der Waals surface area contributed by atoms with Gasteiger partial charge in [0.2, 0.25) is 5.91 Å². The van der Waals surface area contributed by atoms with Crippen LogP contribution in [0, 0.1) is 0 Å². The van der Waals surface area contributed by atoms with Crippen molar-refractivity contribution in [2.45, 2.75) is 32.2 Å². The number of benzene rings is 1. The van der Waals surface area contributed by atoms with Crippen molar-refractivity contribution in [2.75, 3.05) is 25.5 Å². The number of fused-ring (bicyclic) bond motifs is 1. The van der Waals surface area contributed by atoms with Gasteiger partial charge < -0.3 is 19.5 Å². The molecule has 1 aliphatic heterocycles. The van der Waals surface area contributed by atoms with Crippen molar-refractivity contribution in [3.8, 4) is 0 Å². The predicted molar refractivity (Wildman–Crippen MR) is 98.1 cm³/mol. The second kappa shape index (κ2) is 7.23. The van der Waals surface area contributed by atoms with Crippen molar-refractivity contribution in [2.24, 2.45) is 7.05 Å². The number of oxazole rings is 1. The SMILES string of the molecule is CCCC[C@H]1C(=O)N(C)CCN1C(=O)Nc1ccc2c(c1)oc(=O)n2C. The van der Waals surface area contributed by atoms with Gasteiger partial charge in [-0.05, 0) is 18.6 Å². The van der Waals surface area contributed by atoms with Crippen LogP contribution >= 0.6 is 0 Å². The van der Waals surface area contributed by atoms with E-state index in [1.165, 1.54) is 4.57 Å². The number of hydrogen-bond donors (Lipinski definition) is 1. The van der Waals surface area contributed by atoms with Crippen LogP contribution in [-0.2, 0) is 11.8 Å². The fraction of sp³-hybridized carbons (Fsp3) is 0.500. The van der Waals surface area contributed by atoms with Crippen LogP contribution < -0.4 is 11.1 Å². The van der Waals surface area contributed by atoms with Gasteiger partial charge in [0.1, 0.15) is 6.04 Å². The zero-order valence-electron chi connectivity index (χ0n) is 15.3. The zero-order valence-corrected chi connectivity index (χ0v) is 15.3. The molecule has 0 radical (unpaired) electrons. The van der Waals surface area contributed by atoms with Gasteiger partial charge in [0, 0.05) is 38.9 Å². The number of nitrogens with one attached hydrogen (secondary N) is 1. The molecule has 1 aromatic carbocycles. The van der Waals surface area contributed by atoms with Crippen LogP contribution in [0.2, 0.25) is 0 Å². The Morgan fingerprint density at radius 2 is 2.04 bits per heavy atom. The summed E-state index contributed by atoms with van der Waals surface area (Å²) >= 11 is 0. The highest BCUT2D eigenvalue weighted by atomic mass is 16.4. The largest absolute Gasteiger partial charge is 0.419 e. The van der Waals surface area contributed by atoms with Crippen molar-refractivity contribution >= 4 is 28.7 Å². The lowest BCUT2D eigenvalue weighted by atomic mass is 10.0. The van der Waals surface area contributed by atoms with E-state index in [9.17, 15) is 14.4 Å². The van der Waals surface area contributed by atoms with E-state index in [2.05, 4.69) is 12.2 Å². The van der Waals surface area contributed by atoms with E-state index >= 15 is 0 Å². The molecule has 1 N–H and O–H groups in total. The Balaban J connectivity index is 1.79. The summed E-state index contributed by atoms with van der Waals surface area (Å²) in [6.07, 6.45) is 2.50. The Hall–Kier alpha value is -2.77. The Morgan fingerprint density at radius 3 is 2.77 bits per heavy atom. The standard InChI is InChI=1S/C18H24N4O4/c1-4-5-6-14-16(23)20(2)9-10-22(14)17(24)19-12-7-8-13-15(11-12)26-18(25)21(13)3/h7-8,11,14H,4-6,9-10H2,1-3H3,(H,19,24)/t14-/m0/s1. The topological polar surface area (TPSA) is 87.8 Å². The highest BCUT2D eigenvalue weighted by Gasteiger charge is 2.35. The Morgan fingerprint density at radius 1 is 1.27 bits per heavy atom. The number of anilines is 1. The summed E-state index contributed by atoms with van der Waals surface area (Å²) in [6, 6.07) is 4.30. The lowest BCUT2D eigenvalue weighted by Crippen LogP contribution is -2.58. The van der Waals surface area contributed by atoms with E-state index in [1.807, 2.05) is 0 Å². The Labute approximate surface area is 151 Å². The maximum absolute atomic E-state index is 12.7. The van der Waals surface area contributed by atoms with Gasteiger partial charge in [-0.15, -0.1) is 0 Å². The summed E-state index contributed by atoms with van der Waals surface area (Å²) < 4.78 is 6.56. The van der Waals surface area contributed by atoms with Gasteiger partial charge in [0.25, 0.3) is 0 Å². The summed E-state index contributed by atoms with van der Waals surface area (Å²) in [5, 5.41) is 2.82. The smallest absolute Gasteiger partial charge is 0.408 e. The molecule has 0 unspecified atom stereocenters. The molecule has 2 aromatic rings. The average Bonchev–Trinajstić information content (AvgIpc) is 2.89. The zero-order chi connectivity index (χ0) is 18.8. The number of piperazine rings is 1. The molecule has 26 heavy (non-hydrogen) atoms. The van der Waals surface area contributed by atoms with Crippen LogP contribution in [0.4, 0.5) is 10.5 Å². The van der Waals surface area contributed by atoms with E-state index in [-0.39, 0.29) is 11.9 Å². The van der Waals surface area contributed by atoms with Gasteiger partial charge >= 0.3 is 11.8 Å². The third-order valence-corrected chi connectivity index (χ3v) is 4.85. The molecular weight excluding hydrogens is 336 g/mol. The normalized spacial score (nSPS) is 17.8. The third kappa shape index (κ3) is 3.31. The first kappa shape index (κ1) is 18.0. The molecule has 140 valence electrons. The molecule has 0 bridgehead atoms. The molecule has 3 amide bonds. The van der Waals surface area contributed by atoms with Gasteiger partial charge in [0.05, 0.1) is 5.52 Å².